The van der Waals surface area contributed by atoms with Crippen molar-refractivity contribution in [1.29, 1.82) is 0 Å². The molecule has 0 spiro atoms. The van der Waals surface area contributed by atoms with Gasteiger partial charge in [0.1, 0.15) is 6.33 Å². The summed E-state index contributed by atoms with van der Waals surface area (Å²) in [5.74, 6) is -0.912. The molecule has 9 nitrogen and oxygen atoms in total. The van der Waals surface area contributed by atoms with Crippen molar-refractivity contribution in [3.63, 3.8) is 0 Å². The summed E-state index contributed by atoms with van der Waals surface area (Å²) in [6.45, 7) is 4.10. The van der Waals surface area contributed by atoms with E-state index in [-0.39, 0.29) is 35.7 Å². The van der Waals surface area contributed by atoms with E-state index in [0.29, 0.717) is 12.8 Å². The van der Waals surface area contributed by atoms with Crippen LogP contribution in [-0.2, 0) is 19.9 Å². The summed E-state index contributed by atoms with van der Waals surface area (Å²) in [6.07, 6.45) is 1.97. The molecule has 0 bridgehead atoms. The Morgan fingerprint density at radius 3 is 2.62 bits per heavy atom. The van der Waals surface area contributed by atoms with E-state index < -0.39 is 28.1 Å². The van der Waals surface area contributed by atoms with Crippen LogP contribution in [0.2, 0.25) is 0 Å². The van der Waals surface area contributed by atoms with Crippen molar-refractivity contribution in [3.8, 4) is 0 Å². The van der Waals surface area contributed by atoms with Crippen LogP contribution in [0.15, 0.2) is 30.6 Å². The number of halogens is 1. The van der Waals surface area contributed by atoms with Crippen molar-refractivity contribution < 1.29 is 22.1 Å². The van der Waals surface area contributed by atoms with Crippen molar-refractivity contribution in [3.05, 3.63) is 47.5 Å². The molecule has 0 radical (unpaired) electrons. The number of benzene rings is 1. The summed E-state index contributed by atoms with van der Waals surface area (Å²) in [4.78, 5) is 8.12. The molecule has 4 rings (SSSR count). The highest BCUT2D eigenvalue weighted by Crippen LogP contribution is 2.45. The number of nitrogens with one attached hydrogen (secondary N) is 2. The molecule has 1 aromatic heterocycles. The van der Waals surface area contributed by atoms with Gasteiger partial charge in [0, 0.05) is 12.0 Å². The van der Waals surface area contributed by atoms with E-state index in [9.17, 15) is 13.5 Å². The minimum absolute atomic E-state index is 0.0262. The van der Waals surface area contributed by atoms with Gasteiger partial charge in [-0.25, -0.2) is 15.1 Å². The summed E-state index contributed by atoms with van der Waals surface area (Å²) < 4.78 is 41.8. The zero-order chi connectivity index (χ0) is 23.1. The fraction of sp³-hybridized carbons (Fsp3) is 0.524. The van der Waals surface area contributed by atoms with Gasteiger partial charge in [-0.3, -0.25) is 4.18 Å². The SMILES string of the molecule is CC1(C)C[C@H](Nc2ncnc(NC3C[C@@H](COS(N)(=O)=O)[C@@H](O)C3)c2F)c2ccccc21. The molecule has 1 saturated carbocycles. The predicted octanol–water partition coefficient (Wildman–Crippen LogP) is 2.22. The van der Waals surface area contributed by atoms with E-state index in [1.165, 1.54) is 11.9 Å². The zero-order valence-electron chi connectivity index (χ0n) is 18.0. The van der Waals surface area contributed by atoms with Gasteiger partial charge in [0.05, 0.1) is 18.8 Å². The number of nitrogens with two attached hydrogens (primary N) is 1. The van der Waals surface area contributed by atoms with Crippen LogP contribution in [0, 0.1) is 11.7 Å². The molecule has 0 saturated heterocycles. The zero-order valence-corrected chi connectivity index (χ0v) is 18.8. The highest BCUT2D eigenvalue weighted by molar-refractivity contribution is 7.84. The molecule has 2 aliphatic carbocycles. The Morgan fingerprint density at radius 1 is 1.22 bits per heavy atom. The quantitative estimate of drug-likeness (QED) is 0.488. The normalized spacial score (nSPS) is 26.7. The number of rotatable bonds is 7. The number of aromatic nitrogens is 2. The van der Waals surface area contributed by atoms with Crippen LogP contribution in [-0.4, -0.2) is 42.2 Å². The standard InChI is InChI=1S/C21H28FN5O4S/c1-21(2)9-16(14-5-3-4-6-15(14)21)27-20-18(22)19(24-11-25-20)26-13-7-12(17(28)8-13)10-31-32(23,29)30/h3-6,11-13,16-17,28H,7-10H2,1-2H3,(H2,23,29,30)(H2,24,25,26,27)/t12-,13?,16-,17-/m0/s1. The monoisotopic (exact) mass is 465 g/mol. The highest BCUT2D eigenvalue weighted by atomic mass is 32.2. The Bertz CT molecular complexity index is 1100. The fourth-order valence-corrected chi connectivity index (χ4v) is 5.15. The van der Waals surface area contributed by atoms with Crippen molar-refractivity contribution in [2.24, 2.45) is 11.1 Å². The number of nitrogens with zero attached hydrogens (tertiary/aromatic N) is 2. The summed E-state index contributed by atoms with van der Waals surface area (Å²) in [5.41, 5.74) is 2.33. The number of fused-ring (bicyclic) bond motifs is 1. The molecule has 2 aromatic rings. The third kappa shape index (κ3) is 4.85. The van der Waals surface area contributed by atoms with Gasteiger partial charge in [0.2, 0.25) is 5.82 Å². The molecule has 1 unspecified atom stereocenters. The van der Waals surface area contributed by atoms with Crippen LogP contribution >= 0.6 is 0 Å². The number of hydrogen-bond acceptors (Lipinski definition) is 8. The van der Waals surface area contributed by atoms with Crippen molar-refractivity contribution in [2.75, 3.05) is 17.2 Å². The van der Waals surface area contributed by atoms with Gasteiger partial charge < -0.3 is 15.7 Å². The maximum atomic E-state index is 15.2. The first-order valence-electron chi connectivity index (χ1n) is 10.5. The third-order valence-corrected chi connectivity index (χ3v) is 6.79. The Kier molecular flexibility index (Phi) is 6.10. The summed E-state index contributed by atoms with van der Waals surface area (Å²) in [6, 6.07) is 7.74. The molecule has 1 fully saturated rings. The Morgan fingerprint density at radius 2 is 1.91 bits per heavy atom. The van der Waals surface area contributed by atoms with E-state index in [1.807, 2.05) is 18.2 Å². The summed E-state index contributed by atoms with van der Waals surface area (Å²) in [5, 5.41) is 21.3. The molecule has 2 aliphatic rings. The molecule has 11 heteroatoms. The minimum Gasteiger partial charge on any atom is -0.393 e. The molecule has 1 aromatic carbocycles. The summed E-state index contributed by atoms with van der Waals surface area (Å²) in [7, 11) is -4.09. The minimum atomic E-state index is -4.09. The van der Waals surface area contributed by atoms with Crippen LogP contribution in [0.3, 0.4) is 0 Å². The van der Waals surface area contributed by atoms with Gasteiger partial charge in [0.25, 0.3) is 0 Å². The second-order valence-corrected chi connectivity index (χ2v) is 10.4. The third-order valence-electron chi connectivity index (χ3n) is 6.32. The lowest BCUT2D eigenvalue weighted by Crippen LogP contribution is -2.24. The van der Waals surface area contributed by atoms with Crippen LogP contribution in [0.25, 0.3) is 0 Å². The first-order chi connectivity index (χ1) is 15.0. The van der Waals surface area contributed by atoms with Gasteiger partial charge in [0.15, 0.2) is 11.6 Å². The highest BCUT2D eigenvalue weighted by Gasteiger charge is 2.38. The van der Waals surface area contributed by atoms with E-state index in [1.54, 1.807) is 0 Å². The topological polar surface area (TPSA) is 139 Å². The number of hydrogen-bond donors (Lipinski definition) is 4. The molecular weight excluding hydrogens is 437 g/mol. The molecule has 4 atom stereocenters. The van der Waals surface area contributed by atoms with E-state index in [2.05, 4.69) is 44.7 Å². The first-order valence-corrected chi connectivity index (χ1v) is 12.0. The van der Waals surface area contributed by atoms with Gasteiger partial charge in [-0.15, -0.1) is 0 Å². The predicted molar refractivity (Wildman–Crippen MR) is 118 cm³/mol. The maximum Gasteiger partial charge on any atom is 0.333 e. The van der Waals surface area contributed by atoms with E-state index in [4.69, 9.17) is 5.14 Å². The Balaban J connectivity index is 1.45. The summed E-state index contributed by atoms with van der Waals surface area (Å²) >= 11 is 0. The second-order valence-electron chi connectivity index (χ2n) is 9.17. The Hall–Kier alpha value is -2.34. The van der Waals surface area contributed by atoms with Gasteiger partial charge >= 0.3 is 10.3 Å². The lowest BCUT2D eigenvalue weighted by Gasteiger charge is -2.20. The van der Waals surface area contributed by atoms with Crippen molar-refractivity contribution in [2.45, 2.75) is 56.7 Å². The smallest absolute Gasteiger partial charge is 0.333 e. The molecule has 5 N–H and O–H groups in total. The van der Waals surface area contributed by atoms with E-state index in [0.717, 1.165) is 12.0 Å². The average Bonchev–Trinajstić information content (AvgIpc) is 3.19. The van der Waals surface area contributed by atoms with E-state index >= 15 is 4.39 Å². The molecule has 0 aliphatic heterocycles. The molecule has 1 heterocycles. The number of anilines is 2. The maximum absolute atomic E-state index is 15.2. The fourth-order valence-electron chi connectivity index (χ4n) is 4.79. The average molecular weight is 466 g/mol. The van der Waals surface area contributed by atoms with Gasteiger partial charge in [-0.05, 0) is 35.8 Å². The van der Waals surface area contributed by atoms with Crippen LogP contribution < -0.4 is 15.8 Å². The number of aliphatic hydroxyl groups is 1. The second kappa shape index (κ2) is 8.54. The lowest BCUT2D eigenvalue weighted by molar-refractivity contribution is 0.101. The molecule has 0 amide bonds. The molecule has 32 heavy (non-hydrogen) atoms. The number of aliphatic hydroxyl groups excluding tert-OH is 1. The van der Waals surface area contributed by atoms with Crippen LogP contribution in [0.1, 0.15) is 50.3 Å². The lowest BCUT2D eigenvalue weighted by atomic mass is 9.86. The molecule has 174 valence electrons. The van der Waals surface area contributed by atoms with Gasteiger partial charge in [-0.1, -0.05) is 38.1 Å². The first kappa shape index (κ1) is 22.8. The van der Waals surface area contributed by atoms with Gasteiger partial charge in [-0.2, -0.15) is 12.8 Å². The largest absolute Gasteiger partial charge is 0.393 e. The van der Waals surface area contributed by atoms with Crippen LogP contribution in [0.4, 0.5) is 16.0 Å². The molecular formula is C21H28FN5O4S. The van der Waals surface area contributed by atoms with Crippen LogP contribution in [0.5, 0.6) is 0 Å². The Labute approximate surface area is 186 Å². The van der Waals surface area contributed by atoms with Crippen molar-refractivity contribution >= 4 is 21.9 Å². The van der Waals surface area contributed by atoms with Crippen molar-refractivity contribution in [1.82, 2.24) is 9.97 Å².